The summed E-state index contributed by atoms with van der Waals surface area (Å²) in [6.45, 7) is 1.55. The van der Waals surface area contributed by atoms with Crippen LogP contribution in [0.25, 0.3) is 11.0 Å². The van der Waals surface area contributed by atoms with Gasteiger partial charge in [-0.3, -0.25) is 4.72 Å². The van der Waals surface area contributed by atoms with Gasteiger partial charge in [0.2, 0.25) is 0 Å². The average Bonchev–Trinajstić information content (AvgIpc) is 2.81. The SMILES string of the molecule is Cc1cc(NS(=O)(=O)c2ccc3[nH]c(=O)[nH]c3c2)ccc1F. The number of hydrogen-bond acceptors (Lipinski definition) is 3. The zero-order valence-electron chi connectivity index (χ0n) is 11.5. The van der Waals surface area contributed by atoms with Gasteiger partial charge in [-0.05, 0) is 48.9 Å². The van der Waals surface area contributed by atoms with Crippen molar-refractivity contribution in [2.45, 2.75) is 11.8 Å². The van der Waals surface area contributed by atoms with Crippen molar-refractivity contribution in [3.8, 4) is 0 Å². The first-order valence-corrected chi connectivity index (χ1v) is 7.84. The molecule has 22 heavy (non-hydrogen) atoms. The third-order valence-electron chi connectivity index (χ3n) is 3.21. The van der Waals surface area contributed by atoms with Crippen LogP contribution < -0.4 is 10.4 Å². The lowest BCUT2D eigenvalue weighted by Crippen LogP contribution is -2.13. The number of imidazole rings is 1. The maximum Gasteiger partial charge on any atom is 0.323 e. The third kappa shape index (κ3) is 2.60. The molecule has 0 saturated heterocycles. The van der Waals surface area contributed by atoms with E-state index in [1.807, 2.05) is 0 Å². The highest BCUT2D eigenvalue weighted by molar-refractivity contribution is 7.92. The maximum atomic E-state index is 13.2. The first kappa shape index (κ1) is 14.3. The van der Waals surface area contributed by atoms with Gasteiger partial charge in [0.1, 0.15) is 5.82 Å². The van der Waals surface area contributed by atoms with Crippen LogP contribution in [0.15, 0.2) is 46.1 Å². The van der Waals surface area contributed by atoms with E-state index in [9.17, 15) is 17.6 Å². The molecule has 0 aliphatic heterocycles. The number of H-pyrrole nitrogens is 2. The fourth-order valence-electron chi connectivity index (χ4n) is 2.10. The number of aromatic amines is 2. The monoisotopic (exact) mass is 321 g/mol. The van der Waals surface area contributed by atoms with E-state index in [1.54, 1.807) is 6.92 Å². The van der Waals surface area contributed by atoms with Crippen molar-refractivity contribution in [1.82, 2.24) is 9.97 Å². The molecule has 3 N–H and O–H groups in total. The summed E-state index contributed by atoms with van der Waals surface area (Å²) in [5.74, 6) is -0.408. The lowest BCUT2D eigenvalue weighted by molar-refractivity contribution is 0.601. The average molecular weight is 321 g/mol. The number of sulfonamides is 1. The standard InChI is InChI=1S/C14H12FN3O3S/c1-8-6-9(2-4-11(8)15)18-22(20,21)10-3-5-12-13(7-10)17-14(19)16-12/h2-7,18H,1H3,(H2,16,17,19). The van der Waals surface area contributed by atoms with Crippen molar-refractivity contribution < 1.29 is 12.8 Å². The van der Waals surface area contributed by atoms with Crippen molar-refractivity contribution >= 4 is 26.7 Å². The molecular weight excluding hydrogens is 309 g/mol. The minimum absolute atomic E-state index is 0.00257. The highest BCUT2D eigenvalue weighted by atomic mass is 32.2. The number of aromatic nitrogens is 2. The van der Waals surface area contributed by atoms with Gasteiger partial charge in [0.25, 0.3) is 10.0 Å². The molecule has 1 heterocycles. The summed E-state index contributed by atoms with van der Waals surface area (Å²) in [4.78, 5) is 16.2. The zero-order valence-corrected chi connectivity index (χ0v) is 12.3. The van der Waals surface area contributed by atoms with Crippen molar-refractivity contribution in [3.63, 3.8) is 0 Å². The maximum absolute atomic E-state index is 13.2. The van der Waals surface area contributed by atoms with Gasteiger partial charge in [-0.2, -0.15) is 0 Å². The summed E-state index contributed by atoms with van der Waals surface area (Å²) in [6.07, 6.45) is 0. The van der Waals surface area contributed by atoms with E-state index in [-0.39, 0.29) is 10.6 Å². The normalized spacial score (nSPS) is 11.7. The number of fused-ring (bicyclic) bond motifs is 1. The Kier molecular flexibility index (Phi) is 3.25. The van der Waals surface area contributed by atoms with E-state index in [0.717, 1.165) is 0 Å². The molecule has 3 rings (SSSR count). The molecule has 6 nitrogen and oxygen atoms in total. The van der Waals surface area contributed by atoms with Crippen LogP contribution >= 0.6 is 0 Å². The van der Waals surface area contributed by atoms with Crippen molar-refractivity contribution in [1.29, 1.82) is 0 Å². The minimum atomic E-state index is -3.83. The second kappa shape index (κ2) is 4.99. The molecular formula is C14H12FN3O3S. The molecule has 3 aromatic rings. The van der Waals surface area contributed by atoms with Gasteiger partial charge in [0.05, 0.1) is 15.9 Å². The van der Waals surface area contributed by atoms with E-state index < -0.39 is 21.5 Å². The topological polar surface area (TPSA) is 94.8 Å². The fourth-order valence-corrected chi connectivity index (χ4v) is 3.18. The Morgan fingerprint density at radius 2 is 1.77 bits per heavy atom. The number of aryl methyl sites for hydroxylation is 1. The van der Waals surface area contributed by atoms with Crippen molar-refractivity contribution in [3.05, 3.63) is 58.3 Å². The largest absolute Gasteiger partial charge is 0.323 e. The van der Waals surface area contributed by atoms with Crippen LogP contribution in [-0.2, 0) is 10.0 Å². The smallest absolute Gasteiger partial charge is 0.306 e. The molecule has 0 spiro atoms. The second-order valence-corrected chi connectivity index (χ2v) is 6.54. The molecule has 0 radical (unpaired) electrons. The minimum Gasteiger partial charge on any atom is -0.306 e. The van der Waals surface area contributed by atoms with E-state index >= 15 is 0 Å². The highest BCUT2D eigenvalue weighted by Crippen LogP contribution is 2.20. The van der Waals surface area contributed by atoms with Crippen molar-refractivity contribution in [2.75, 3.05) is 4.72 Å². The molecule has 1 aromatic heterocycles. The second-order valence-electron chi connectivity index (χ2n) is 4.86. The van der Waals surface area contributed by atoms with Crippen LogP contribution in [0.2, 0.25) is 0 Å². The van der Waals surface area contributed by atoms with E-state index in [4.69, 9.17) is 0 Å². The summed E-state index contributed by atoms with van der Waals surface area (Å²) < 4.78 is 40.3. The van der Waals surface area contributed by atoms with Gasteiger partial charge in [0.15, 0.2) is 0 Å². The van der Waals surface area contributed by atoms with Crippen LogP contribution in [0.5, 0.6) is 0 Å². The van der Waals surface area contributed by atoms with Crippen molar-refractivity contribution in [2.24, 2.45) is 0 Å². The summed E-state index contributed by atoms with van der Waals surface area (Å²) in [5.41, 5.74) is 1.10. The summed E-state index contributed by atoms with van der Waals surface area (Å²) >= 11 is 0. The van der Waals surface area contributed by atoms with Gasteiger partial charge >= 0.3 is 5.69 Å². The Labute approximate surface area is 125 Å². The number of anilines is 1. The molecule has 0 saturated carbocycles. The Bertz CT molecular complexity index is 1020. The number of nitrogens with one attached hydrogen (secondary N) is 3. The molecule has 0 aliphatic carbocycles. The summed E-state index contributed by atoms with van der Waals surface area (Å²) in [5, 5.41) is 0. The van der Waals surface area contributed by atoms with Gasteiger partial charge in [-0.15, -0.1) is 0 Å². The Morgan fingerprint density at radius 1 is 1.05 bits per heavy atom. The molecule has 0 unspecified atom stereocenters. The molecule has 0 fully saturated rings. The molecule has 2 aromatic carbocycles. The van der Waals surface area contributed by atoms with Gasteiger partial charge < -0.3 is 9.97 Å². The van der Waals surface area contributed by atoms with Crippen LogP contribution in [-0.4, -0.2) is 18.4 Å². The lowest BCUT2D eigenvalue weighted by Gasteiger charge is -2.09. The number of halogens is 1. The molecule has 0 aliphatic rings. The molecule has 0 atom stereocenters. The van der Waals surface area contributed by atoms with Crippen LogP contribution in [0.4, 0.5) is 10.1 Å². The Hall–Kier alpha value is -2.61. The molecule has 8 heteroatoms. The van der Waals surface area contributed by atoms with Crippen LogP contribution in [0.1, 0.15) is 5.56 Å². The predicted molar refractivity (Wildman–Crippen MR) is 80.9 cm³/mol. The summed E-state index contributed by atoms with van der Waals surface area (Å²) in [7, 11) is -3.83. The van der Waals surface area contributed by atoms with Crippen LogP contribution in [0, 0.1) is 12.7 Å². The van der Waals surface area contributed by atoms with Gasteiger partial charge in [-0.25, -0.2) is 17.6 Å². The fraction of sp³-hybridized carbons (Fsp3) is 0.0714. The number of rotatable bonds is 3. The quantitative estimate of drug-likeness (QED) is 0.689. The van der Waals surface area contributed by atoms with Gasteiger partial charge in [0, 0.05) is 5.69 Å². The predicted octanol–water partition coefficient (Wildman–Crippen LogP) is 2.10. The Balaban J connectivity index is 1.99. The van der Waals surface area contributed by atoms with Crippen LogP contribution in [0.3, 0.4) is 0 Å². The molecule has 114 valence electrons. The van der Waals surface area contributed by atoms with Gasteiger partial charge in [-0.1, -0.05) is 0 Å². The van der Waals surface area contributed by atoms with E-state index in [0.29, 0.717) is 16.6 Å². The first-order valence-electron chi connectivity index (χ1n) is 6.36. The van der Waals surface area contributed by atoms with E-state index in [2.05, 4.69) is 14.7 Å². The number of hydrogen-bond donors (Lipinski definition) is 3. The lowest BCUT2D eigenvalue weighted by atomic mass is 10.2. The summed E-state index contributed by atoms with van der Waals surface area (Å²) in [6, 6.07) is 8.18. The zero-order chi connectivity index (χ0) is 15.9. The Morgan fingerprint density at radius 3 is 2.50 bits per heavy atom. The molecule has 0 amide bonds. The third-order valence-corrected chi connectivity index (χ3v) is 4.59. The highest BCUT2D eigenvalue weighted by Gasteiger charge is 2.16. The van der Waals surface area contributed by atoms with E-state index in [1.165, 1.54) is 36.4 Å². The molecule has 0 bridgehead atoms. The number of benzene rings is 2. The first-order chi connectivity index (χ1) is 10.3.